The molecule has 1 aliphatic heterocycles. The number of piperidine rings is 1. The first-order valence-corrected chi connectivity index (χ1v) is 6.13. The first-order valence-electron chi connectivity index (χ1n) is 6.13. The van der Waals surface area contributed by atoms with Gasteiger partial charge in [-0.1, -0.05) is 12.1 Å². The lowest BCUT2D eigenvalue weighted by Gasteiger charge is -2.22. The molecule has 0 spiro atoms. The van der Waals surface area contributed by atoms with Crippen molar-refractivity contribution >= 4 is 10.9 Å². The molecule has 0 bridgehead atoms. The van der Waals surface area contributed by atoms with Crippen molar-refractivity contribution in [3.8, 4) is 0 Å². The standard InChI is InChI=1S/C14H18N2/c1-10-3-2-4-13-14(10)12(9-16-13)11-5-7-15-8-6-11/h2-4,9,11,15-16H,5-8H2,1H3. The molecule has 0 amide bonds. The molecular weight excluding hydrogens is 196 g/mol. The Balaban J connectivity index is 2.09. The fourth-order valence-electron chi connectivity index (χ4n) is 2.85. The Labute approximate surface area is 96.1 Å². The van der Waals surface area contributed by atoms with Crippen molar-refractivity contribution in [2.45, 2.75) is 25.7 Å². The van der Waals surface area contributed by atoms with E-state index in [1.807, 2.05) is 0 Å². The third kappa shape index (κ3) is 1.54. The summed E-state index contributed by atoms with van der Waals surface area (Å²) in [5.74, 6) is 0.732. The molecule has 0 aliphatic carbocycles. The van der Waals surface area contributed by atoms with Gasteiger partial charge in [0.2, 0.25) is 0 Å². The van der Waals surface area contributed by atoms with E-state index in [1.165, 1.54) is 34.9 Å². The van der Waals surface area contributed by atoms with Crippen molar-refractivity contribution in [2.75, 3.05) is 13.1 Å². The number of aromatic amines is 1. The van der Waals surface area contributed by atoms with Crippen LogP contribution in [0.2, 0.25) is 0 Å². The minimum atomic E-state index is 0.732. The van der Waals surface area contributed by atoms with Gasteiger partial charge in [-0.05, 0) is 56.0 Å². The normalized spacial score (nSPS) is 18.1. The zero-order valence-corrected chi connectivity index (χ0v) is 9.72. The number of benzene rings is 1. The molecule has 1 aliphatic rings. The molecule has 2 heteroatoms. The summed E-state index contributed by atoms with van der Waals surface area (Å²) in [5.41, 5.74) is 4.20. The zero-order valence-electron chi connectivity index (χ0n) is 9.72. The number of aromatic nitrogens is 1. The van der Waals surface area contributed by atoms with Crippen LogP contribution in [0.5, 0.6) is 0 Å². The quantitative estimate of drug-likeness (QED) is 0.750. The van der Waals surface area contributed by atoms with Crippen molar-refractivity contribution in [3.63, 3.8) is 0 Å². The third-order valence-electron chi connectivity index (χ3n) is 3.72. The van der Waals surface area contributed by atoms with Crippen LogP contribution < -0.4 is 5.32 Å². The Morgan fingerprint density at radius 1 is 1.19 bits per heavy atom. The molecule has 1 aromatic carbocycles. The monoisotopic (exact) mass is 214 g/mol. The summed E-state index contributed by atoms with van der Waals surface area (Å²) in [6.45, 7) is 4.52. The zero-order chi connectivity index (χ0) is 11.0. The topological polar surface area (TPSA) is 27.8 Å². The van der Waals surface area contributed by atoms with E-state index in [4.69, 9.17) is 0 Å². The second-order valence-electron chi connectivity index (χ2n) is 4.77. The number of fused-ring (bicyclic) bond motifs is 1. The van der Waals surface area contributed by atoms with E-state index < -0.39 is 0 Å². The number of H-pyrrole nitrogens is 1. The molecule has 1 fully saturated rings. The first-order chi connectivity index (χ1) is 7.86. The van der Waals surface area contributed by atoms with Gasteiger partial charge in [0.25, 0.3) is 0 Å². The van der Waals surface area contributed by atoms with Crippen molar-refractivity contribution in [3.05, 3.63) is 35.5 Å². The minimum Gasteiger partial charge on any atom is -0.361 e. The third-order valence-corrected chi connectivity index (χ3v) is 3.72. The molecule has 2 aromatic rings. The van der Waals surface area contributed by atoms with Gasteiger partial charge in [0.15, 0.2) is 0 Å². The smallest absolute Gasteiger partial charge is 0.0459 e. The molecule has 2 heterocycles. The fourth-order valence-corrected chi connectivity index (χ4v) is 2.85. The molecule has 0 atom stereocenters. The second kappa shape index (κ2) is 3.95. The summed E-state index contributed by atoms with van der Waals surface area (Å²) in [6, 6.07) is 6.51. The van der Waals surface area contributed by atoms with Crippen LogP contribution in [0, 0.1) is 6.92 Å². The van der Waals surface area contributed by atoms with Crippen LogP contribution >= 0.6 is 0 Å². The van der Waals surface area contributed by atoms with Crippen LogP contribution in [0.4, 0.5) is 0 Å². The average molecular weight is 214 g/mol. The highest BCUT2D eigenvalue weighted by Gasteiger charge is 2.18. The molecule has 1 aromatic heterocycles. The van der Waals surface area contributed by atoms with Gasteiger partial charge < -0.3 is 10.3 Å². The number of hydrogen-bond acceptors (Lipinski definition) is 1. The van der Waals surface area contributed by atoms with E-state index in [0.29, 0.717) is 0 Å². The van der Waals surface area contributed by atoms with E-state index >= 15 is 0 Å². The average Bonchev–Trinajstić information content (AvgIpc) is 2.75. The minimum absolute atomic E-state index is 0.732. The molecule has 2 N–H and O–H groups in total. The molecule has 84 valence electrons. The van der Waals surface area contributed by atoms with E-state index in [9.17, 15) is 0 Å². The molecule has 2 nitrogen and oxygen atoms in total. The van der Waals surface area contributed by atoms with E-state index in [0.717, 1.165) is 19.0 Å². The lowest BCUT2D eigenvalue weighted by molar-refractivity contribution is 0.462. The molecule has 0 unspecified atom stereocenters. The van der Waals surface area contributed by atoms with Crippen LogP contribution in [0.25, 0.3) is 10.9 Å². The van der Waals surface area contributed by atoms with E-state index in [2.05, 4.69) is 41.6 Å². The molecule has 1 saturated heterocycles. The van der Waals surface area contributed by atoms with E-state index in [-0.39, 0.29) is 0 Å². The van der Waals surface area contributed by atoms with Gasteiger partial charge >= 0.3 is 0 Å². The Morgan fingerprint density at radius 3 is 2.81 bits per heavy atom. The Hall–Kier alpha value is -1.28. The second-order valence-corrected chi connectivity index (χ2v) is 4.77. The molecule has 0 radical (unpaired) electrons. The van der Waals surface area contributed by atoms with Gasteiger partial charge in [-0.2, -0.15) is 0 Å². The van der Waals surface area contributed by atoms with E-state index in [1.54, 1.807) is 0 Å². The van der Waals surface area contributed by atoms with Gasteiger partial charge in [0, 0.05) is 17.1 Å². The number of hydrogen-bond donors (Lipinski definition) is 2. The first kappa shape index (κ1) is 9.91. The van der Waals surface area contributed by atoms with Gasteiger partial charge in [-0.15, -0.1) is 0 Å². The van der Waals surface area contributed by atoms with Crippen LogP contribution in [0.1, 0.15) is 29.9 Å². The maximum Gasteiger partial charge on any atom is 0.0459 e. The summed E-state index contributed by atoms with van der Waals surface area (Å²) in [6.07, 6.45) is 4.75. The Bertz CT molecular complexity index is 492. The Kier molecular flexibility index (Phi) is 2.44. The van der Waals surface area contributed by atoms with Crippen molar-refractivity contribution in [1.82, 2.24) is 10.3 Å². The predicted molar refractivity (Wildman–Crippen MR) is 67.9 cm³/mol. The van der Waals surface area contributed by atoms with Crippen LogP contribution in [0.15, 0.2) is 24.4 Å². The highest BCUT2D eigenvalue weighted by atomic mass is 14.9. The van der Waals surface area contributed by atoms with Gasteiger partial charge in [0.05, 0.1) is 0 Å². The van der Waals surface area contributed by atoms with Crippen LogP contribution in [0.3, 0.4) is 0 Å². The SMILES string of the molecule is Cc1cccc2[nH]cc(C3CCNCC3)c12. The summed E-state index contributed by atoms with van der Waals surface area (Å²) in [4.78, 5) is 3.41. The molecule has 3 rings (SSSR count). The van der Waals surface area contributed by atoms with Crippen LogP contribution in [-0.4, -0.2) is 18.1 Å². The lowest BCUT2D eigenvalue weighted by atomic mass is 9.89. The maximum atomic E-state index is 3.43. The van der Waals surface area contributed by atoms with Crippen LogP contribution in [-0.2, 0) is 0 Å². The largest absolute Gasteiger partial charge is 0.361 e. The van der Waals surface area contributed by atoms with Gasteiger partial charge in [-0.3, -0.25) is 0 Å². The highest BCUT2D eigenvalue weighted by Crippen LogP contribution is 2.32. The summed E-state index contributed by atoms with van der Waals surface area (Å²) < 4.78 is 0. The Morgan fingerprint density at radius 2 is 2.00 bits per heavy atom. The number of rotatable bonds is 1. The van der Waals surface area contributed by atoms with Crippen molar-refractivity contribution in [1.29, 1.82) is 0 Å². The summed E-state index contributed by atoms with van der Waals surface area (Å²) in [5, 5.41) is 4.88. The van der Waals surface area contributed by atoms with Crippen molar-refractivity contribution in [2.24, 2.45) is 0 Å². The summed E-state index contributed by atoms with van der Waals surface area (Å²) >= 11 is 0. The summed E-state index contributed by atoms with van der Waals surface area (Å²) in [7, 11) is 0. The number of aryl methyl sites for hydroxylation is 1. The van der Waals surface area contributed by atoms with Crippen molar-refractivity contribution < 1.29 is 0 Å². The van der Waals surface area contributed by atoms with Gasteiger partial charge in [-0.25, -0.2) is 0 Å². The molecular formula is C14H18N2. The lowest BCUT2D eigenvalue weighted by Crippen LogP contribution is -2.26. The predicted octanol–water partition coefficient (Wildman–Crippen LogP) is 2.94. The maximum absolute atomic E-state index is 3.43. The van der Waals surface area contributed by atoms with Gasteiger partial charge in [0.1, 0.15) is 0 Å². The highest BCUT2D eigenvalue weighted by molar-refractivity contribution is 5.86. The molecule has 0 saturated carbocycles. The fraction of sp³-hybridized carbons (Fsp3) is 0.429. The number of nitrogens with one attached hydrogen (secondary N) is 2. The molecule has 16 heavy (non-hydrogen) atoms.